The van der Waals surface area contributed by atoms with Gasteiger partial charge in [-0.15, -0.1) is 0 Å². The number of carbonyl (C=O) groups is 1. The standard InChI is InChI=1S/C17H16ClN3O/c18-14-4-2-1-3-11(14)7-17(22)21-12-5-6-16(21)13-9-19-10-20-15(13)8-12/h1-4,9-10,12,16H,5-8H2/t12-,16-/m0/s1. The van der Waals surface area contributed by atoms with Crippen molar-refractivity contribution in [1.29, 1.82) is 0 Å². The van der Waals surface area contributed by atoms with Crippen molar-refractivity contribution in [2.24, 2.45) is 0 Å². The molecule has 0 unspecified atom stereocenters. The van der Waals surface area contributed by atoms with Crippen LogP contribution in [0.1, 0.15) is 35.7 Å². The summed E-state index contributed by atoms with van der Waals surface area (Å²) in [5.74, 6) is 0.148. The van der Waals surface area contributed by atoms with Gasteiger partial charge in [0.05, 0.1) is 18.2 Å². The van der Waals surface area contributed by atoms with Crippen molar-refractivity contribution in [3.8, 4) is 0 Å². The Hall–Kier alpha value is -1.94. The van der Waals surface area contributed by atoms with Crippen molar-refractivity contribution < 1.29 is 4.79 Å². The molecular formula is C17H16ClN3O. The van der Waals surface area contributed by atoms with Gasteiger partial charge in [-0.1, -0.05) is 29.8 Å². The Kier molecular flexibility index (Phi) is 3.34. The van der Waals surface area contributed by atoms with Crippen LogP contribution in [-0.2, 0) is 17.6 Å². The van der Waals surface area contributed by atoms with E-state index in [9.17, 15) is 4.79 Å². The van der Waals surface area contributed by atoms with E-state index >= 15 is 0 Å². The number of halogens is 1. The van der Waals surface area contributed by atoms with E-state index in [2.05, 4.69) is 9.97 Å². The molecule has 1 saturated heterocycles. The molecular weight excluding hydrogens is 298 g/mol. The predicted octanol–water partition coefficient (Wildman–Crippen LogP) is 2.96. The SMILES string of the molecule is O=C(Cc1ccccc1Cl)N1[C@H]2CC[C@H]1c1cncnc1C2. The van der Waals surface area contributed by atoms with Crippen LogP contribution in [0.2, 0.25) is 5.02 Å². The largest absolute Gasteiger partial charge is 0.332 e. The molecule has 0 N–H and O–H groups in total. The lowest BCUT2D eigenvalue weighted by Crippen LogP contribution is -2.43. The fourth-order valence-corrected chi connectivity index (χ4v) is 3.90. The number of amides is 1. The Morgan fingerprint density at radius 2 is 2.18 bits per heavy atom. The van der Waals surface area contributed by atoms with Gasteiger partial charge in [0.15, 0.2) is 0 Å². The Labute approximate surface area is 134 Å². The molecule has 112 valence electrons. The predicted molar refractivity (Wildman–Crippen MR) is 83.5 cm³/mol. The summed E-state index contributed by atoms with van der Waals surface area (Å²) >= 11 is 6.19. The Morgan fingerprint density at radius 1 is 1.32 bits per heavy atom. The van der Waals surface area contributed by atoms with E-state index in [1.54, 1.807) is 6.33 Å². The molecule has 0 spiro atoms. The number of fused-ring (bicyclic) bond motifs is 4. The van der Waals surface area contributed by atoms with Crippen LogP contribution in [0.5, 0.6) is 0 Å². The molecule has 2 aliphatic heterocycles. The number of hydrogen-bond donors (Lipinski definition) is 0. The van der Waals surface area contributed by atoms with Gasteiger partial charge < -0.3 is 4.90 Å². The summed E-state index contributed by atoms with van der Waals surface area (Å²) in [4.78, 5) is 23.4. The number of aromatic nitrogens is 2. The van der Waals surface area contributed by atoms with E-state index in [4.69, 9.17) is 11.6 Å². The van der Waals surface area contributed by atoms with Crippen LogP contribution in [-0.4, -0.2) is 26.8 Å². The quantitative estimate of drug-likeness (QED) is 0.856. The molecule has 3 heterocycles. The summed E-state index contributed by atoms with van der Waals surface area (Å²) in [7, 11) is 0. The average Bonchev–Trinajstić information content (AvgIpc) is 2.85. The maximum Gasteiger partial charge on any atom is 0.227 e. The lowest BCUT2D eigenvalue weighted by atomic mass is 9.98. The van der Waals surface area contributed by atoms with Crippen LogP contribution < -0.4 is 0 Å². The molecule has 22 heavy (non-hydrogen) atoms. The first kappa shape index (κ1) is 13.7. The Morgan fingerprint density at radius 3 is 3.05 bits per heavy atom. The van der Waals surface area contributed by atoms with E-state index in [1.165, 1.54) is 0 Å². The van der Waals surface area contributed by atoms with Crippen LogP contribution >= 0.6 is 11.6 Å². The highest BCUT2D eigenvalue weighted by Gasteiger charge is 2.42. The Balaban J connectivity index is 1.61. The first-order chi connectivity index (χ1) is 10.7. The summed E-state index contributed by atoms with van der Waals surface area (Å²) in [5.41, 5.74) is 3.11. The van der Waals surface area contributed by atoms with Crippen molar-refractivity contribution in [2.45, 2.75) is 37.8 Å². The lowest BCUT2D eigenvalue weighted by molar-refractivity contribution is -0.134. The van der Waals surface area contributed by atoms with Crippen molar-refractivity contribution in [3.63, 3.8) is 0 Å². The highest BCUT2D eigenvalue weighted by atomic mass is 35.5. The van der Waals surface area contributed by atoms with Gasteiger partial charge in [0.2, 0.25) is 5.91 Å². The van der Waals surface area contributed by atoms with Crippen LogP contribution in [0, 0.1) is 0 Å². The van der Waals surface area contributed by atoms with E-state index in [-0.39, 0.29) is 18.0 Å². The van der Waals surface area contributed by atoms with Gasteiger partial charge in [-0.25, -0.2) is 9.97 Å². The summed E-state index contributed by atoms with van der Waals surface area (Å²) in [6, 6.07) is 7.95. The minimum absolute atomic E-state index is 0.130. The zero-order valence-electron chi connectivity index (χ0n) is 12.1. The molecule has 1 amide bonds. The van der Waals surface area contributed by atoms with Gasteiger partial charge in [-0.3, -0.25) is 4.79 Å². The third-order valence-corrected chi connectivity index (χ3v) is 5.07. The zero-order chi connectivity index (χ0) is 15.1. The van der Waals surface area contributed by atoms with Crippen LogP contribution in [0.3, 0.4) is 0 Å². The second-order valence-corrected chi connectivity index (χ2v) is 6.35. The van der Waals surface area contributed by atoms with Crippen molar-refractivity contribution in [1.82, 2.24) is 14.9 Å². The van der Waals surface area contributed by atoms with Crippen LogP contribution in [0.25, 0.3) is 0 Å². The third kappa shape index (κ3) is 2.18. The lowest BCUT2D eigenvalue weighted by Gasteiger charge is -2.35. The molecule has 1 aromatic carbocycles. The maximum atomic E-state index is 12.8. The van der Waals surface area contributed by atoms with E-state index < -0.39 is 0 Å². The summed E-state index contributed by atoms with van der Waals surface area (Å²) in [6.07, 6.45) is 6.69. The van der Waals surface area contributed by atoms with Gasteiger partial charge >= 0.3 is 0 Å². The molecule has 1 aromatic heterocycles. The molecule has 0 radical (unpaired) electrons. The number of benzene rings is 1. The van der Waals surface area contributed by atoms with Gasteiger partial charge in [0, 0.05) is 29.2 Å². The maximum absolute atomic E-state index is 12.8. The van der Waals surface area contributed by atoms with Crippen LogP contribution in [0.4, 0.5) is 0 Å². The fraction of sp³-hybridized carbons (Fsp3) is 0.353. The minimum Gasteiger partial charge on any atom is -0.332 e. The number of hydrogen-bond acceptors (Lipinski definition) is 3. The van der Waals surface area contributed by atoms with Crippen molar-refractivity contribution in [3.05, 3.63) is 58.6 Å². The second kappa shape index (κ2) is 5.36. The molecule has 5 heteroatoms. The molecule has 2 aromatic rings. The van der Waals surface area contributed by atoms with E-state index in [0.717, 1.165) is 36.1 Å². The number of nitrogens with zero attached hydrogens (tertiary/aromatic N) is 3. The topological polar surface area (TPSA) is 46.1 Å². The van der Waals surface area contributed by atoms with Crippen LogP contribution in [0.15, 0.2) is 36.8 Å². The first-order valence-electron chi connectivity index (χ1n) is 7.57. The van der Waals surface area contributed by atoms with Gasteiger partial charge in [-0.2, -0.15) is 0 Å². The highest BCUT2D eigenvalue weighted by molar-refractivity contribution is 6.31. The smallest absolute Gasteiger partial charge is 0.227 e. The molecule has 4 rings (SSSR count). The van der Waals surface area contributed by atoms with Gasteiger partial charge in [-0.05, 0) is 24.5 Å². The van der Waals surface area contributed by atoms with Crippen molar-refractivity contribution in [2.75, 3.05) is 0 Å². The normalized spacial score (nSPS) is 22.5. The molecule has 0 saturated carbocycles. The van der Waals surface area contributed by atoms with E-state index in [0.29, 0.717) is 11.4 Å². The zero-order valence-corrected chi connectivity index (χ0v) is 12.8. The molecule has 2 bridgehead atoms. The van der Waals surface area contributed by atoms with E-state index in [1.807, 2.05) is 35.4 Å². The molecule has 4 nitrogen and oxygen atoms in total. The fourth-order valence-electron chi connectivity index (χ4n) is 3.70. The first-order valence-corrected chi connectivity index (χ1v) is 7.95. The summed E-state index contributed by atoms with van der Waals surface area (Å²) in [6.45, 7) is 0. The second-order valence-electron chi connectivity index (χ2n) is 5.95. The summed E-state index contributed by atoms with van der Waals surface area (Å²) in [5, 5.41) is 0.656. The van der Waals surface area contributed by atoms with Gasteiger partial charge in [0.25, 0.3) is 0 Å². The number of rotatable bonds is 2. The van der Waals surface area contributed by atoms with Gasteiger partial charge in [0.1, 0.15) is 6.33 Å². The monoisotopic (exact) mass is 313 g/mol. The molecule has 1 fully saturated rings. The third-order valence-electron chi connectivity index (χ3n) is 4.71. The molecule has 2 atom stereocenters. The Bertz CT molecular complexity index is 733. The molecule has 2 aliphatic rings. The number of carbonyl (C=O) groups excluding carboxylic acids is 1. The molecule has 0 aliphatic carbocycles. The minimum atomic E-state index is 0.130. The van der Waals surface area contributed by atoms with Crippen molar-refractivity contribution >= 4 is 17.5 Å². The highest BCUT2D eigenvalue weighted by Crippen LogP contribution is 2.43. The average molecular weight is 314 g/mol. The summed E-state index contributed by atoms with van der Waals surface area (Å²) < 4.78 is 0.